The summed E-state index contributed by atoms with van der Waals surface area (Å²) < 4.78 is 3.14. The zero-order chi connectivity index (χ0) is 20.9. The Morgan fingerprint density at radius 1 is 0.769 bits per heavy atom. The molecule has 1 atom stereocenters. The van der Waals surface area contributed by atoms with Crippen LogP contribution in [-0.4, -0.2) is 27.4 Å². The smallest absolute Gasteiger partial charge is 0.0941 e. The number of hydrogen-bond donors (Lipinski definition) is 1. The Morgan fingerprint density at radius 2 is 1.08 bits per heavy atom. The molecule has 0 bridgehead atoms. The molecule has 1 rings (SSSR count). The third-order valence-corrected chi connectivity index (χ3v) is 21.8. The van der Waals surface area contributed by atoms with Crippen molar-refractivity contribution in [3.8, 4) is 0 Å². The molecule has 1 aliphatic heterocycles. The number of aliphatic hydroxyl groups excluding tert-OH is 1. The molecular formula is C22H44OSSi2. The van der Waals surface area contributed by atoms with E-state index in [4.69, 9.17) is 0 Å². The van der Waals surface area contributed by atoms with Gasteiger partial charge in [0, 0.05) is 5.92 Å². The summed E-state index contributed by atoms with van der Waals surface area (Å²) in [7, 11) is -3.27. The van der Waals surface area contributed by atoms with E-state index in [1.807, 2.05) is 0 Å². The molecule has 4 heteroatoms. The van der Waals surface area contributed by atoms with Gasteiger partial charge in [-0.3, -0.25) is 0 Å². The molecule has 0 aliphatic carbocycles. The Morgan fingerprint density at radius 3 is 1.31 bits per heavy atom. The minimum Gasteiger partial charge on any atom is -0.392 e. The highest BCUT2D eigenvalue weighted by molar-refractivity contribution is 8.10. The van der Waals surface area contributed by atoms with E-state index in [9.17, 15) is 5.11 Å². The SMILES string of the molecule is CC(C)(C)C(O)C1C=C([Si](C)(C)C(C)(C)C)SC([Si](C)(C)C(C)(C)C)=C1. The third-order valence-electron chi connectivity index (χ3n) is 7.14. The van der Waals surface area contributed by atoms with Crippen LogP contribution in [0.5, 0.6) is 0 Å². The second kappa shape index (κ2) is 7.24. The maximum atomic E-state index is 11.1. The van der Waals surface area contributed by atoms with Gasteiger partial charge in [0.05, 0.1) is 22.3 Å². The summed E-state index contributed by atoms with van der Waals surface area (Å²) in [6.07, 6.45) is 4.51. The standard InChI is InChI=1S/C22H44OSSi2/c1-20(2,3)19(23)16-14-17(25(10,11)21(4,5)6)24-18(15-16)26(12,13)22(7,8)9/h14-16,19,23H,1-13H3. The molecule has 0 aromatic carbocycles. The van der Waals surface area contributed by atoms with Crippen molar-refractivity contribution in [1.82, 2.24) is 0 Å². The lowest BCUT2D eigenvalue weighted by atomic mass is 9.81. The molecule has 152 valence electrons. The van der Waals surface area contributed by atoms with Crippen molar-refractivity contribution in [2.45, 2.75) is 105 Å². The molecular weight excluding hydrogens is 368 g/mol. The lowest BCUT2D eigenvalue weighted by Gasteiger charge is -2.46. The van der Waals surface area contributed by atoms with E-state index in [2.05, 4.69) is 112 Å². The highest BCUT2D eigenvalue weighted by atomic mass is 32.2. The number of aliphatic hydroxyl groups is 1. The van der Waals surface area contributed by atoms with Gasteiger partial charge in [0.2, 0.25) is 0 Å². The van der Waals surface area contributed by atoms with Crippen LogP contribution >= 0.6 is 11.8 Å². The van der Waals surface area contributed by atoms with Gasteiger partial charge in [-0.15, -0.1) is 11.8 Å². The van der Waals surface area contributed by atoms with Gasteiger partial charge >= 0.3 is 0 Å². The summed E-state index contributed by atoms with van der Waals surface area (Å²) in [6, 6.07) is 0. The van der Waals surface area contributed by atoms with Gasteiger partial charge in [-0.1, -0.05) is 101 Å². The molecule has 26 heavy (non-hydrogen) atoms. The first-order valence-electron chi connectivity index (χ1n) is 10.0. The maximum absolute atomic E-state index is 11.1. The Balaban J connectivity index is 3.52. The average molecular weight is 413 g/mol. The van der Waals surface area contributed by atoms with Gasteiger partial charge in [0.1, 0.15) is 0 Å². The number of rotatable bonds is 3. The molecule has 0 amide bonds. The lowest BCUT2D eigenvalue weighted by molar-refractivity contribution is 0.0420. The van der Waals surface area contributed by atoms with E-state index in [0.717, 1.165) is 0 Å². The Hall–Kier alpha value is 0.224. The molecule has 1 unspecified atom stereocenters. The van der Waals surface area contributed by atoms with Gasteiger partial charge < -0.3 is 5.11 Å². The van der Waals surface area contributed by atoms with Crippen LogP contribution in [0.25, 0.3) is 0 Å². The molecule has 0 spiro atoms. The van der Waals surface area contributed by atoms with Crippen LogP contribution < -0.4 is 0 Å². The summed E-state index contributed by atoms with van der Waals surface area (Å²) in [5.41, 5.74) is -0.114. The summed E-state index contributed by atoms with van der Waals surface area (Å²) >= 11 is 2.07. The van der Waals surface area contributed by atoms with Crippen LogP contribution in [-0.2, 0) is 0 Å². The van der Waals surface area contributed by atoms with Crippen LogP contribution in [0.1, 0.15) is 62.3 Å². The van der Waals surface area contributed by atoms with Gasteiger partial charge in [-0.2, -0.15) is 0 Å². The zero-order valence-electron chi connectivity index (χ0n) is 19.7. The van der Waals surface area contributed by atoms with Crippen LogP contribution in [0.3, 0.4) is 0 Å². The van der Waals surface area contributed by atoms with E-state index < -0.39 is 16.1 Å². The maximum Gasteiger partial charge on any atom is 0.0941 e. The first-order chi connectivity index (χ1) is 11.2. The largest absolute Gasteiger partial charge is 0.392 e. The van der Waals surface area contributed by atoms with Crippen molar-refractivity contribution < 1.29 is 5.11 Å². The lowest BCUT2D eigenvalue weighted by Crippen LogP contribution is -2.44. The minimum atomic E-state index is -1.64. The topological polar surface area (TPSA) is 20.2 Å². The number of thioether (sulfide) groups is 1. The second-order valence-electron chi connectivity index (χ2n) is 12.3. The van der Waals surface area contributed by atoms with Crippen LogP contribution in [0.4, 0.5) is 0 Å². The molecule has 1 N–H and O–H groups in total. The fraction of sp³-hybridized carbons (Fsp3) is 0.818. The Bertz CT molecular complexity index is 539. The summed E-state index contributed by atoms with van der Waals surface area (Å²) in [6.45, 7) is 30.8. The molecule has 0 fully saturated rings. The molecule has 0 aromatic heterocycles. The van der Waals surface area contributed by atoms with Crippen molar-refractivity contribution >= 4 is 27.9 Å². The summed E-state index contributed by atoms with van der Waals surface area (Å²) in [5.74, 6) is 0.129. The molecule has 1 heterocycles. The quantitative estimate of drug-likeness (QED) is 0.481. The van der Waals surface area contributed by atoms with E-state index in [1.54, 1.807) is 9.06 Å². The van der Waals surface area contributed by atoms with Crippen molar-refractivity contribution in [2.24, 2.45) is 11.3 Å². The molecule has 0 radical (unpaired) electrons. The first kappa shape index (κ1) is 24.3. The average Bonchev–Trinajstić information content (AvgIpc) is 2.42. The van der Waals surface area contributed by atoms with Crippen LogP contribution in [0, 0.1) is 11.3 Å². The van der Waals surface area contributed by atoms with E-state index in [-0.39, 0.29) is 17.4 Å². The molecule has 1 nitrogen and oxygen atoms in total. The predicted octanol–water partition coefficient (Wildman–Crippen LogP) is 7.62. The van der Waals surface area contributed by atoms with Crippen molar-refractivity contribution in [2.75, 3.05) is 0 Å². The van der Waals surface area contributed by atoms with E-state index >= 15 is 0 Å². The van der Waals surface area contributed by atoms with Crippen LogP contribution in [0.2, 0.25) is 36.3 Å². The molecule has 1 aliphatic rings. The Labute approximate surface area is 170 Å². The van der Waals surface area contributed by atoms with Gasteiger partial charge in [-0.25, -0.2) is 0 Å². The summed E-state index contributed by atoms with van der Waals surface area (Å²) in [4.78, 5) is 0. The summed E-state index contributed by atoms with van der Waals surface area (Å²) in [5, 5.41) is 11.7. The van der Waals surface area contributed by atoms with E-state index in [1.165, 1.54) is 0 Å². The zero-order valence-corrected chi connectivity index (χ0v) is 22.5. The Kier molecular flexibility index (Phi) is 6.75. The predicted molar refractivity (Wildman–Crippen MR) is 127 cm³/mol. The van der Waals surface area contributed by atoms with Crippen molar-refractivity contribution in [3.05, 3.63) is 21.2 Å². The fourth-order valence-electron chi connectivity index (χ4n) is 2.75. The monoisotopic (exact) mass is 412 g/mol. The normalized spacial score (nSPS) is 19.9. The third kappa shape index (κ3) is 4.79. The van der Waals surface area contributed by atoms with Crippen LogP contribution in [0.15, 0.2) is 21.2 Å². The van der Waals surface area contributed by atoms with Crippen molar-refractivity contribution in [3.63, 3.8) is 0 Å². The minimum absolute atomic E-state index is 0.114. The van der Waals surface area contributed by atoms with Crippen molar-refractivity contribution in [1.29, 1.82) is 0 Å². The van der Waals surface area contributed by atoms with Gasteiger partial charge in [0.25, 0.3) is 0 Å². The molecule has 0 saturated heterocycles. The molecule has 0 aromatic rings. The number of hydrogen-bond acceptors (Lipinski definition) is 2. The first-order valence-corrected chi connectivity index (χ1v) is 16.8. The second-order valence-corrected chi connectivity index (χ2v) is 24.7. The van der Waals surface area contributed by atoms with E-state index in [0.29, 0.717) is 10.1 Å². The molecule has 0 saturated carbocycles. The van der Waals surface area contributed by atoms with Gasteiger partial charge in [0.15, 0.2) is 0 Å². The van der Waals surface area contributed by atoms with Gasteiger partial charge in [-0.05, 0) is 24.5 Å². The fourth-order valence-corrected chi connectivity index (χ4v) is 11.0. The highest BCUT2D eigenvalue weighted by Gasteiger charge is 2.46. The highest BCUT2D eigenvalue weighted by Crippen LogP contribution is 2.54.